The molecule has 1 heterocycles. The summed E-state index contributed by atoms with van der Waals surface area (Å²) in [5, 5.41) is 6.46. The monoisotopic (exact) mass is 295 g/mol. The van der Waals surface area contributed by atoms with Crippen molar-refractivity contribution in [2.75, 3.05) is 5.32 Å². The smallest absolute Gasteiger partial charge is 0.292 e. The second-order valence-electron chi connectivity index (χ2n) is 4.12. The molecule has 0 aliphatic carbocycles. The number of nitrogens with zero attached hydrogens (tertiary/aromatic N) is 2. The molecule has 1 aromatic carbocycles. The number of halogens is 2. The maximum absolute atomic E-state index is 13.5. The Balaban J connectivity index is 2.17. The normalized spacial score (nSPS) is 10.3. The SMILES string of the molecule is CC(=O)C(=O)Nc1nn(Cc2ccccc2F)cc1Cl. The highest BCUT2D eigenvalue weighted by Crippen LogP contribution is 2.20. The standard InChI is InChI=1S/C13H11ClFN3O2/c1-8(19)13(20)16-12-10(14)7-18(17-12)6-9-4-2-3-5-11(9)15/h2-5,7H,6H2,1H3,(H,16,17,20). The van der Waals surface area contributed by atoms with Gasteiger partial charge in [-0.15, -0.1) is 0 Å². The molecule has 1 amide bonds. The van der Waals surface area contributed by atoms with Crippen LogP contribution in [0.15, 0.2) is 30.5 Å². The number of hydrogen-bond donors (Lipinski definition) is 1. The van der Waals surface area contributed by atoms with E-state index in [1.165, 1.54) is 16.9 Å². The summed E-state index contributed by atoms with van der Waals surface area (Å²) < 4.78 is 14.9. The fraction of sp³-hybridized carbons (Fsp3) is 0.154. The lowest BCUT2D eigenvalue weighted by atomic mass is 10.2. The van der Waals surface area contributed by atoms with Crippen molar-refractivity contribution in [1.29, 1.82) is 0 Å². The number of nitrogens with one attached hydrogen (secondary N) is 1. The lowest BCUT2D eigenvalue weighted by Crippen LogP contribution is -2.20. The van der Waals surface area contributed by atoms with Crippen LogP contribution in [0, 0.1) is 5.82 Å². The third-order valence-corrected chi connectivity index (χ3v) is 2.84. The van der Waals surface area contributed by atoms with Gasteiger partial charge >= 0.3 is 0 Å². The molecule has 2 rings (SSSR count). The molecule has 0 bridgehead atoms. The van der Waals surface area contributed by atoms with Crippen molar-refractivity contribution < 1.29 is 14.0 Å². The number of hydrogen-bond acceptors (Lipinski definition) is 3. The number of ketones is 1. The third-order valence-electron chi connectivity index (χ3n) is 2.56. The molecule has 0 fully saturated rings. The molecule has 1 N–H and O–H groups in total. The van der Waals surface area contributed by atoms with Gasteiger partial charge < -0.3 is 5.32 Å². The van der Waals surface area contributed by atoms with Crippen molar-refractivity contribution in [3.63, 3.8) is 0 Å². The first-order chi connectivity index (χ1) is 9.47. The van der Waals surface area contributed by atoms with Gasteiger partial charge in [0.2, 0.25) is 5.78 Å². The van der Waals surface area contributed by atoms with E-state index >= 15 is 0 Å². The highest BCUT2D eigenvalue weighted by atomic mass is 35.5. The van der Waals surface area contributed by atoms with Crippen LogP contribution in [0.2, 0.25) is 5.02 Å². The summed E-state index contributed by atoms with van der Waals surface area (Å²) in [6, 6.07) is 6.27. The predicted octanol–water partition coefficient (Wildman–Crippen LogP) is 2.25. The molecule has 0 aliphatic heterocycles. The molecule has 2 aromatic rings. The number of anilines is 1. The van der Waals surface area contributed by atoms with E-state index in [9.17, 15) is 14.0 Å². The van der Waals surface area contributed by atoms with Gasteiger partial charge in [-0.05, 0) is 6.07 Å². The van der Waals surface area contributed by atoms with Gasteiger partial charge in [0.1, 0.15) is 10.8 Å². The Morgan fingerprint density at radius 3 is 2.75 bits per heavy atom. The molecule has 0 saturated carbocycles. The topological polar surface area (TPSA) is 64.0 Å². The van der Waals surface area contributed by atoms with Gasteiger partial charge in [-0.25, -0.2) is 4.39 Å². The Morgan fingerprint density at radius 1 is 1.40 bits per heavy atom. The van der Waals surface area contributed by atoms with Gasteiger partial charge in [-0.3, -0.25) is 14.3 Å². The summed E-state index contributed by atoms with van der Waals surface area (Å²) in [7, 11) is 0. The third kappa shape index (κ3) is 3.21. The van der Waals surface area contributed by atoms with Gasteiger partial charge in [-0.1, -0.05) is 29.8 Å². The average Bonchev–Trinajstić information content (AvgIpc) is 2.72. The summed E-state index contributed by atoms with van der Waals surface area (Å²) in [6.07, 6.45) is 1.45. The van der Waals surface area contributed by atoms with Crippen LogP contribution in [-0.4, -0.2) is 21.5 Å². The highest BCUT2D eigenvalue weighted by molar-refractivity contribution is 6.41. The van der Waals surface area contributed by atoms with Gasteiger partial charge in [0, 0.05) is 18.7 Å². The fourth-order valence-electron chi connectivity index (χ4n) is 1.56. The second kappa shape index (κ2) is 5.83. The zero-order chi connectivity index (χ0) is 14.7. The maximum Gasteiger partial charge on any atom is 0.292 e. The minimum Gasteiger partial charge on any atom is -0.301 e. The summed E-state index contributed by atoms with van der Waals surface area (Å²) in [5.74, 6) is -1.73. The van der Waals surface area contributed by atoms with Gasteiger partial charge in [0.25, 0.3) is 5.91 Å². The van der Waals surface area contributed by atoms with E-state index in [0.717, 1.165) is 6.92 Å². The van der Waals surface area contributed by atoms with E-state index in [1.807, 2.05) is 0 Å². The van der Waals surface area contributed by atoms with Crippen molar-refractivity contribution in [2.45, 2.75) is 13.5 Å². The van der Waals surface area contributed by atoms with E-state index < -0.39 is 11.7 Å². The number of carbonyl (C=O) groups excluding carboxylic acids is 2. The van der Waals surface area contributed by atoms with Gasteiger partial charge in [-0.2, -0.15) is 5.10 Å². The van der Waals surface area contributed by atoms with E-state index in [1.54, 1.807) is 18.2 Å². The van der Waals surface area contributed by atoms with Crippen LogP contribution in [0.4, 0.5) is 10.2 Å². The minimum atomic E-state index is -0.803. The quantitative estimate of drug-likeness (QED) is 0.880. The summed E-state index contributed by atoms with van der Waals surface area (Å²) in [5.41, 5.74) is 0.441. The van der Waals surface area contributed by atoms with Crippen molar-refractivity contribution in [2.24, 2.45) is 0 Å². The molecule has 1 aromatic heterocycles. The Kier molecular flexibility index (Phi) is 4.14. The molecule has 0 unspecified atom stereocenters. The molecule has 0 atom stereocenters. The summed E-state index contributed by atoms with van der Waals surface area (Å²) in [4.78, 5) is 22.1. The summed E-state index contributed by atoms with van der Waals surface area (Å²) >= 11 is 5.90. The largest absolute Gasteiger partial charge is 0.301 e. The number of benzene rings is 1. The van der Waals surface area contributed by atoms with E-state index in [0.29, 0.717) is 5.56 Å². The first-order valence-corrected chi connectivity index (χ1v) is 6.13. The van der Waals surface area contributed by atoms with Crippen LogP contribution in [-0.2, 0) is 16.1 Å². The fourth-order valence-corrected chi connectivity index (χ4v) is 1.76. The maximum atomic E-state index is 13.5. The molecule has 7 heteroatoms. The average molecular weight is 296 g/mol. The Morgan fingerprint density at radius 2 is 2.10 bits per heavy atom. The Hall–Kier alpha value is -2.21. The Labute approximate surface area is 119 Å². The van der Waals surface area contributed by atoms with Crippen molar-refractivity contribution in [3.05, 3.63) is 46.9 Å². The first kappa shape index (κ1) is 14.2. The molecule has 0 spiro atoms. The molecule has 104 valence electrons. The zero-order valence-electron chi connectivity index (χ0n) is 10.6. The van der Waals surface area contributed by atoms with Crippen molar-refractivity contribution in [3.8, 4) is 0 Å². The number of amides is 1. The zero-order valence-corrected chi connectivity index (χ0v) is 11.3. The number of Topliss-reactive ketones (excluding diaryl/α,β-unsaturated/α-hetero) is 1. The molecular formula is C13H11ClFN3O2. The van der Waals surface area contributed by atoms with Crippen LogP contribution < -0.4 is 5.32 Å². The van der Waals surface area contributed by atoms with Crippen LogP contribution in [0.5, 0.6) is 0 Å². The first-order valence-electron chi connectivity index (χ1n) is 5.75. The number of rotatable bonds is 4. The minimum absolute atomic E-state index is 0.0724. The highest BCUT2D eigenvalue weighted by Gasteiger charge is 2.14. The summed E-state index contributed by atoms with van der Waals surface area (Å²) in [6.45, 7) is 1.31. The van der Waals surface area contributed by atoms with Crippen molar-refractivity contribution >= 4 is 29.1 Å². The van der Waals surface area contributed by atoms with Crippen molar-refractivity contribution in [1.82, 2.24) is 9.78 Å². The van der Waals surface area contributed by atoms with Crippen LogP contribution in [0.1, 0.15) is 12.5 Å². The molecule has 0 radical (unpaired) electrons. The lowest BCUT2D eigenvalue weighted by molar-refractivity contribution is -0.133. The van der Waals surface area contributed by atoms with Gasteiger partial charge in [0.15, 0.2) is 5.82 Å². The molecule has 0 saturated heterocycles. The molecular weight excluding hydrogens is 285 g/mol. The van der Waals surface area contributed by atoms with Gasteiger partial charge in [0.05, 0.1) is 6.54 Å². The van der Waals surface area contributed by atoms with E-state index in [-0.39, 0.29) is 23.2 Å². The van der Waals surface area contributed by atoms with E-state index in [4.69, 9.17) is 11.6 Å². The van der Waals surface area contributed by atoms with Crippen LogP contribution in [0.25, 0.3) is 0 Å². The second-order valence-corrected chi connectivity index (χ2v) is 4.53. The Bertz CT molecular complexity index is 669. The van der Waals surface area contributed by atoms with E-state index in [2.05, 4.69) is 10.4 Å². The van der Waals surface area contributed by atoms with Crippen LogP contribution in [0.3, 0.4) is 0 Å². The molecule has 20 heavy (non-hydrogen) atoms. The molecule has 0 aliphatic rings. The predicted molar refractivity (Wildman–Crippen MR) is 72.0 cm³/mol. The number of aromatic nitrogens is 2. The van der Waals surface area contributed by atoms with Crippen LogP contribution >= 0.6 is 11.6 Å². The number of carbonyl (C=O) groups is 2. The lowest BCUT2D eigenvalue weighted by Gasteiger charge is -2.03. The molecule has 5 nitrogen and oxygen atoms in total.